The molecule has 17 heavy (non-hydrogen) atoms. The van der Waals surface area contributed by atoms with Gasteiger partial charge in [-0.3, -0.25) is 0 Å². The Morgan fingerprint density at radius 3 is 2.94 bits per heavy atom. The van der Waals surface area contributed by atoms with Crippen LogP contribution >= 0.6 is 0 Å². The first-order valence-electron chi connectivity index (χ1n) is 6.01. The van der Waals surface area contributed by atoms with E-state index in [1.165, 1.54) is 6.33 Å². The molecule has 5 heteroatoms. The van der Waals surface area contributed by atoms with Gasteiger partial charge in [-0.2, -0.15) is 0 Å². The lowest BCUT2D eigenvalue weighted by Crippen LogP contribution is -2.31. The van der Waals surface area contributed by atoms with Gasteiger partial charge in [-0.25, -0.2) is 14.8 Å². The van der Waals surface area contributed by atoms with Gasteiger partial charge in [-0.1, -0.05) is 13.3 Å². The van der Waals surface area contributed by atoms with E-state index in [2.05, 4.69) is 22.2 Å². The third kappa shape index (κ3) is 3.15. The molecule has 0 radical (unpaired) electrons. The minimum absolute atomic E-state index is 0.247. The summed E-state index contributed by atoms with van der Waals surface area (Å²) < 4.78 is 0. The van der Waals surface area contributed by atoms with Crippen LogP contribution in [0.4, 0.5) is 5.82 Å². The molecular formula is C12H17N3O2. The number of aryl methyl sites for hydroxylation is 1. The fraction of sp³-hybridized carbons (Fsp3) is 0.583. The van der Waals surface area contributed by atoms with Crippen LogP contribution in [-0.4, -0.2) is 27.1 Å². The van der Waals surface area contributed by atoms with Crippen molar-refractivity contribution in [2.75, 3.05) is 5.32 Å². The van der Waals surface area contributed by atoms with Gasteiger partial charge in [0.15, 0.2) is 0 Å². The summed E-state index contributed by atoms with van der Waals surface area (Å²) in [5.74, 6) is 0.0583. The molecule has 0 aliphatic heterocycles. The largest absolute Gasteiger partial charge is 0.480 e. The fourth-order valence-corrected chi connectivity index (χ4v) is 1.84. The van der Waals surface area contributed by atoms with Crippen molar-refractivity contribution in [2.45, 2.75) is 38.6 Å². The molecular weight excluding hydrogens is 218 g/mol. The third-order valence-electron chi connectivity index (χ3n) is 2.89. The summed E-state index contributed by atoms with van der Waals surface area (Å²) in [6.07, 6.45) is 5.35. The van der Waals surface area contributed by atoms with Gasteiger partial charge in [0.1, 0.15) is 18.2 Å². The minimum Gasteiger partial charge on any atom is -0.480 e. The number of nitrogens with zero attached hydrogens (tertiary/aromatic N) is 2. The average Bonchev–Trinajstić information content (AvgIpc) is 3.10. The van der Waals surface area contributed by atoms with Crippen molar-refractivity contribution in [1.82, 2.24) is 9.97 Å². The summed E-state index contributed by atoms with van der Waals surface area (Å²) in [7, 11) is 0. The topological polar surface area (TPSA) is 75.1 Å². The van der Waals surface area contributed by atoms with Crippen molar-refractivity contribution in [1.29, 1.82) is 0 Å². The van der Waals surface area contributed by atoms with Crippen LogP contribution in [0, 0.1) is 5.92 Å². The highest BCUT2D eigenvalue weighted by molar-refractivity contribution is 5.77. The first-order chi connectivity index (χ1) is 8.20. The second-order valence-corrected chi connectivity index (χ2v) is 4.44. The van der Waals surface area contributed by atoms with E-state index in [1.807, 2.05) is 6.07 Å². The molecule has 1 aliphatic rings. The maximum absolute atomic E-state index is 11.1. The Bertz CT molecular complexity index is 404. The number of aromatic nitrogens is 2. The molecule has 1 aromatic heterocycles. The molecule has 0 amide bonds. The molecule has 1 unspecified atom stereocenters. The number of nitrogens with one attached hydrogen (secondary N) is 1. The molecule has 0 spiro atoms. The minimum atomic E-state index is -0.803. The van der Waals surface area contributed by atoms with Crippen LogP contribution in [0.2, 0.25) is 0 Å². The van der Waals surface area contributed by atoms with Crippen molar-refractivity contribution in [2.24, 2.45) is 5.92 Å². The van der Waals surface area contributed by atoms with Crippen LogP contribution < -0.4 is 5.32 Å². The van der Waals surface area contributed by atoms with Gasteiger partial charge in [0.25, 0.3) is 0 Å². The predicted molar refractivity (Wildman–Crippen MR) is 63.8 cm³/mol. The number of hydrogen-bond donors (Lipinski definition) is 2. The molecule has 1 aliphatic carbocycles. The van der Waals surface area contributed by atoms with Crippen LogP contribution in [-0.2, 0) is 11.2 Å². The van der Waals surface area contributed by atoms with E-state index in [4.69, 9.17) is 5.11 Å². The Morgan fingerprint density at radius 2 is 2.35 bits per heavy atom. The number of aliphatic carboxylic acids is 1. The van der Waals surface area contributed by atoms with Crippen LogP contribution in [0.15, 0.2) is 12.4 Å². The first-order valence-corrected chi connectivity index (χ1v) is 6.01. The molecule has 1 saturated carbocycles. The van der Waals surface area contributed by atoms with Gasteiger partial charge in [-0.05, 0) is 25.2 Å². The fourth-order valence-electron chi connectivity index (χ4n) is 1.84. The van der Waals surface area contributed by atoms with Crippen molar-refractivity contribution in [3.05, 3.63) is 18.1 Å². The van der Waals surface area contributed by atoms with E-state index in [0.717, 1.165) is 31.4 Å². The van der Waals surface area contributed by atoms with Crippen molar-refractivity contribution >= 4 is 11.8 Å². The standard InChI is InChI=1S/C12H17N3O2/c1-2-3-9-6-10(14-7-13-9)15-11(12(16)17)8-4-5-8/h6-8,11H,2-5H2,1H3,(H,16,17)(H,13,14,15). The molecule has 2 rings (SSSR count). The normalized spacial score (nSPS) is 16.5. The Labute approximate surface area is 100 Å². The first kappa shape index (κ1) is 11.8. The smallest absolute Gasteiger partial charge is 0.326 e. The van der Waals surface area contributed by atoms with E-state index in [9.17, 15) is 4.79 Å². The SMILES string of the molecule is CCCc1cc(NC(C(=O)O)C2CC2)ncn1. The molecule has 0 saturated heterocycles. The molecule has 1 aromatic rings. The van der Waals surface area contributed by atoms with Crippen molar-refractivity contribution in [3.8, 4) is 0 Å². The molecule has 1 atom stereocenters. The van der Waals surface area contributed by atoms with E-state index < -0.39 is 12.0 Å². The van der Waals surface area contributed by atoms with Crippen molar-refractivity contribution < 1.29 is 9.90 Å². The number of carbonyl (C=O) groups is 1. The number of hydrogen-bond acceptors (Lipinski definition) is 4. The zero-order valence-corrected chi connectivity index (χ0v) is 9.89. The van der Waals surface area contributed by atoms with Gasteiger partial charge < -0.3 is 10.4 Å². The summed E-state index contributed by atoms with van der Waals surface area (Å²) in [5.41, 5.74) is 0.949. The van der Waals surface area contributed by atoms with Crippen LogP contribution in [0.5, 0.6) is 0 Å². The molecule has 5 nitrogen and oxygen atoms in total. The van der Waals surface area contributed by atoms with Gasteiger partial charge in [0.05, 0.1) is 0 Å². The zero-order chi connectivity index (χ0) is 12.3. The molecule has 1 heterocycles. The van der Waals surface area contributed by atoms with Crippen molar-refractivity contribution in [3.63, 3.8) is 0 Å². The van der Waals surface area contributed by atoms with E-state index in [1.54, 1.807) is 0 Å². The second kappa shape index (κ2) is 5.12. The van der Waals surface area contributed by atoms with E-state index >= 15 is 0 Å². The lowest BCUT2D eigenvalue weighted by molar-refractivity contribution is -0.138. The molecule has 2 N–H and O–H groups in total. The average molecular weight is 235 g/mol. The Hall–Kier alpha value is -1.65. The molecule has 0 bridgehead atoms. The molecule has 0 aromatic carbocycles. The molecule has 1 fully saturated rings. The summed E-state index contributed by atoms with van der Waals surface area (Å²) in [6, 6.07) is 1.32. The summed E-state index contributed by atoms with van der Waals surface area (Å²) in [4.78, 5) is 19.3. The Balaban J connectivity index is 2.05. The van der Waals surface area contributed by atoms with Gasteiger partial charge in [-0.15, -0.1) is 0 Å². The Kier molecular flexibility index (Phi) is 3.56. The lowest BCUT2D eigenvalue weighted by Gasteiger charge is -2.14. The highest BCUT2D eigenvalue weighted by atomic mass is 16.4. The van der Waals surface area contributed by atoms with Crippen LogP contribution in [0.3, 0.4) is 0 Å². The summed E-state index contributed by atoms with van der Waals surface area (Å²) >= 11 is 0. The quantitative estimate of drug-likeness (QED) is 0.785. The number of rotatable bonds is 6. The highest BCUT2D eigenvalue weighted by Crippen LogP contribution is 2.34. The van der Waals surface area contributed by atoms with E-state index in [-0.39, 0.29) is 5.92 Å². The maximum Gasteiger partial charge on any atom is 0.326 e. The zero-order valence-electron chi connectivity index (χ0n) is 9.89. The summed E-state index contributed by atoms with van der Waals surface area (Å²) in [5, 5.41) is 12.1. The number of carboxylic acid groups (broad SMARTS) is 1. The van der Waals surface area contributed by atoms with E-state index in [0.29, 0.717) is 5.82 Å². The lowest BCUT2D eigenvalue weighted by atomic mass is 10.2. The van der Waals surface area contributed by atoms with Crippen LogP contribution in [0.25, 0.3) is 0 Å². The third-order valence-corrected chi connectivity index (χ3v) is 2.89. The van der Waals surface area contributed by atoms with Crippen LogP contribution in [0.1, 0.15) is 31.9 Å². The number of carboxylic acids is 1. The molecule has 92 valence electrons. The maximum atomic E-state index is 11.1. The van der Waals surface area contributed by atoms with Gasteiger partial charge >= 0.3 is 5.97 Å². The number of anilines is 1. The van der Waals surface area contributed by atoms with Gasteiger partial charge in [0, 0.05) is 11.8 Å². The highest BCUT2D eigenvalue weighted by Gasteiger charge is 2.36. The summed E-state index contributed by atoms with van der Waals surface area (Å²) in [6.45, 7) is 2.08. The monoisotopic (exact) mass is 235 g/mol. The van der Waals surface area contributed by atoms with Gasteiger partial charge in [0.2, 0.25) is 0 Å². The Morgan fingerprint density at radius 1 is 1.59 bits per heavy atom. The predicted octanol–water partition coefficient (Wildman–Crippen LogP) is 1.70. The second-order valence-electron chi connectivity index (χ2n) is 4.44.